The van der Waals surface area contributed by atoms with Crippen LogP contribution in [0.1, 0.15) is 88.2 Å². The maximum Gasteiger partial charge on any atom is 0.338 e. The van der Waals surface area contributed by atoms with Crippen LogP contribution in [-0.4, -0.2) is 30.6 Å². The van der Waals surface area contributed by atoms with E-state index in [1.807, 2.05) is 32.0 Å². The normalized spacial score (nSPS) is 12.7. The number of ether oxygens (including phenoxy) is 1. The van der Waals surface area contributed by atoms with Crippen molar-refractivity contribution in [1.29, 1.82) is 0 Å². The largest absolute Gasteiger partial charge is 0.462 e. The van der Waals surface area contributed by atoms with Gasteiger partial charge in [0.25, 0.3) is 0 Å². The summed E-state index contributed by atoms with van der Waals surface area (Å²) in [5, 5.41) is 8.75. The van der Waals surface area contributed by atoms with Gasteiger partial charge < -0.3 is 20.7 Å². The van der Waals surface area contributed by atoms with E-state index in [0.717, 1.165) is 16.8 Å². The van der Waals surface area contributed by atoms with Crippen LogP contribution in [0.5, 0.6) is 0 Å². The molecular weight excluding hydrogens is 442 g/mol. The summed E-state index contributed by atoms with van der Waals surface area (Å²) < 4.78 is 4.99. The van der Waals surface area contributed by atoms with Gasteiger partial charge in [-0.15, -0.1) is 0 Å². The standard InChI is InChI=1S/C28H39N3O4/c1-8-19(7)24(26(32)29-21-15-13-20(14-16-21)27(33)35-9-2)30-28(34)31-25-22(17(3)4)11-10-12-23(25)18(5)6/h10-19,24H,8-9H2,1-7H3,(H,29,32)(H2,30,31,34). The molecule has 0 aromatic heterocycles. The summed E-state index contributed by atoms with van der Waals surface area (Å²) in [6.45, 7) is 14.3. The van der Waals surface area contributed by atoms with Crippen molar-refractivity contribution in [3.63, 3.8) is 0 Å². The van der Waals surface area contributed by atoms with Gasteiger partial charge in [-0.1, -0.05) is 66.2 Å². The molecule has 0 spiro atoms. The van der Waals surface area contributed by atoms with Crippen molar-refractivity contribution in [3.05, 3.63) is 59.2 Å². The van der Waals surface area contributed by atoms with Gasteiger partial charge >= 0.3 is 12.0 Å². The molecule has 0 bridgehead atoms. The fourth-order valence-electron chi connectivity index (χ4n) is 3.81. The van der Waals surface area contributed by atoms with Crippen molar-refractivity contribution < 1.29 is 19.1 Å². The Morgan fingerprint density at radius 1 is 0.829 bits per heavy atom. The molecule has 0 heterocycles. The van der Waals surface area contributed by atoms with Crippen LogP contribution in [0.3, 0.4) is 0 Å². The van der Waals surface area contributed by atoms with Gasteiger partial charge in [0.2, 0.25) is 5.91 Å². The Kier molecular flexibility index (Phi) is 10.3. The van der Waals surface area contributed by atoms with E-state index in [-0.39, 0.29) is 23.7 Å². The van der Waals surface area contributed by atoms with Crippen molar-refractivity contribution >= 4 is 29.3 Å². The van der Waals surface area contributed by atoms with E-state index < -0.39 is 18.0 Å². The molecule has 35 heavy (non-hydrogen) atoms. The molecule has 7 heteroatoms. The lowest BCUT2D eigenvalue weighted by atomic mass is 9.92. The van der Waals surface area contributed by atoms with E-state index in [0.29, 0.717) is 24.3 Å². The summed E-state index contributed by atoms with van der Waals surface area (Å²) >= 11 is 0. The van der Waals surface area contributed by atoms with Gasteiger partial charge in [-0.3, -0.25) is 4.79 Å². The second kappa shape index (κ2) is 12.9. The summed E-state index contributed by atoms with van der Waals surface area (Å²) in [4.78, 5) is 38.1. The number of benzene rings is 2. The lowest BCUT2D eigenvalue weighted by Crippen LogP contribution is -2.49. The first-order chi connectivity index (χ1) is 16.6. The molecule has 3 amide bonds. The highest BCUT2D eigenvalue weighted by Crippen LogP contribution is 2.32. The predicted molar refractivity (Wildman–Crippen MR) is 141 cm³/mol. The number of urea groups is 1. The molecular formula is C28H39N3O4. The summed E-state index contributed by atoms with van der Waals surface area (Å²) in [7, 11) is 0. The zero-order chi connectivity index (χ0) is 26.1. The number of hydrogen-bond donors (Lipinski definition) is 3. The van der Waals surface area contributed by atoms with Crippen LogP contribution in [0.4, 0.5) is 16.2 Å². The van der Waals surface area contributed by atoms with Gasteiger partial charge in [-0.2, -0.15) is 0 Å². The van der Waals surface area contributed by atoms with E-state index >= 15 is 0 Å². The Morgan fingerprint density at radius 3 is 1.89 bits per heavy atom. The number of esters is 1. The summed E-state index contributed by atoms with van der Waals surface area (Å²) in [6.07, 6.45) is 0.708. The minimum absolute atomic E-state index is 0.0931. The van der Waals surface area contributed by atoms with Gasteiger partial charge in [0.1, 0.15) is 6.04 Å². The third-order valence-electron chi connectivity index (χ3n) is 6.06. The first-order valence-electron chi connectivity index (χ1n) is 12.4. The van der Waals surface area contributed by atoms with Crippen LogP contribution in [-0.2, 0) is 9.53 Å². The molecule has 7 nitrogen and oxygen atoms in total. The third kappa shape index (κ3) is 7.57. The molecule has 2 unspecified atom stereocenters. The molecule has 2 rings (SSSR count). The molecule has 2 atom stereocenters. The van der Waals surface area contributed by atoms with Crippen molar-refractivity contribution in [1.82, 2.24) is 5.32 Å². The smallest absolute Gasteiger partial charge is 0.338 e. The number of rotatable bonds is 10. The number of carbonyl (C=O) groups excluding carboxylic acids is 3. The number of nitrogens with one attached hydrogen (secondary N) is 3. The highest BCUT2D eigenvalue weighted by atomic mass is 16.5. The van der Waals surface area contributed by atoms with Crippen molar-refractivity contribution in [2.24, 2.45) is 5.92 Å². The van der Waals surface area contributed by atoms with E-state index in [1.54, 1.807) is 31.2 Å². The zero-order valence-corrected chi connectivity index (χ0v) is 21.9. The molecule has 0 aliphatic carbocycles. The highest BCUT2D eigenvalue weighted by Gasteiger charge is 2.27. The predicted octanol–water partition coefficient (Wildman–Crippen LogP) is 6.29. The van der Waals surface area contributed by atoms with Gasteiger partial charge in [-0.05, 0) is 60.1 Å². The summed E-state index contributed by atoms with van der Waals surface area (Å²) in [5.41, 5.74) is 3.85. The van der Waals surface area contributed by atoms with E-state index in [1.165, 1.54) is 0 Å². The first-order valence-corrected chi connectivity index (χ1v) is 12.4. The fraction of sp³-hybridized carbons (Fsp3) is 0.464. The number of hydrogen-bond acceptors (Lipinski definition) is 4. The highest BCUT2D eigenvalue weighted by molar-refractivity contribution is 6.00. The average Bonchev–Trinajstić information content (AvgIpc) is 2.82. The second-order valence-electron chi connectivity index (χ2n) is 9.37. The van der Waals surface area contributed by atoms with E-state index in [4.69, 9.17) is 4.74 Å². The molecule has 0 fully saturated rings. The van der Waals surface area contributed by atoms with Crippen LogP contribution >= 0.6 is 0 Å². The summed E-state index contributed by atoms with van der Waals surface area (Å²) in [6, 6.07) is 11.4. The van der Waals surface area contributed by atoms with Crippen molar-refractivity contribution in [2.45, 2.75) is 72.8 Å². The Morgan fingerprint density at radius 2 is 1.40 bits per heavy atom. The quantitative estimate of drug-likeness (QED) is 0.348. The Bertz CT molecular complexity index is 989. The molecule has 0 saturated carbocycles. The molecule has 0 radical (unpaired) electrons. The monoisotopic (exact) mass is 481 g/mol. The van der Waals surface area contributed by atoms with Crippen LogP contribution < -0.4 is 16.0 Å². The Labute approximate surface area is 209 Å². The number of anilines is 2. The fourth-order valence-corrected chi connectivity index (χ4v) is 3.81. The third-order valence-corrected chi connectivity index (χ3v) is 6.06. The van der Waals surface area contributed by atoms with E-state index in [2.05, 4.69) is 43.6 Å². The van der Waals surface area contributed by atoms with Gasteiger partial charge in [0, 0.05) is 11.4 Å². The first kappa shape index (κ1) is 27.9. The van der Waals surface area contributed by atoms with Gasteiger partial charge in [0.15, 0.2) is 0 Å². The lowest BCUT2D eigenvalue weighted by molar-refractivity contribution is -0.119. The lowest BCUT2D eigenvalue weighted by Gasteiger charge is -2.25. The number of carbonyl (C=O) groups is 3. The zero-order valence-electron chi connectivity index (χ0n) is 21.9. The Balaban J connectivity index is 2.18. The molecule has 0 aliphatic heterocycles. The minimum atomic E-state index is -0.738. The minimum Gasteiger partial charge on any atom is -0.462 e. The van der Waals surface area contributed by atoms with Crippen LogP contribution in [0.15, 0.2) is 42.5 Å². The molecule has 0 aliphatic rings. The van der Waals surface area contributed by atoms with Crippen molar-refractivity contribution in [3.8, 4) is 0 Å². The average molecular weight is 482 g/mol. The maximum atomic E-state index is 13.1. The van der Waals surface area contributed by atoms with Gasteiger partial charge in [-0.25, -0.2) is 9.59 Å². The molecule has 2 aromatic carbocycles. The van der Waals surface area contributed by atoms with Crippen LogP contribution in [0.25, 0.3) is 0 Å². The van der Waals surface area contributed by atoms with Crippen LogP contribution in [0, 0.1) is 5.92 Å². The molecule has 2 aromatic rings. The van der Waals surface area contributed by atoms with Gasteiger partial charge in [0.05, 0.1) is 12.2 Å². The maximum absolute atomic E-state index is 13.1. The number of para-hydroxylation sites is 1. The molecule has 0 saturated heterocycles. The SMILES string of the molecule is CCOC(=O)c1ccc(NC(=O)C(NC(=O)Nc2c(C(C)C)cccc2C(C)C)C(C)CC)cc1. The van der Waals surface area contributed by atoms with Crippen LogP contribution in [0.2, 0.25) is 0 Å². The second-order valence-corrected chi connectivity index (χ2v) is 9.37. The Hall–Kier alpha value is -3.35. The molecule has 3 N–H and O–H groups in total. The van der Waals surface area contributed by atoms with Crippen molar-refractivity contribution in [2.75, 3.05) is 17.2 Å². The van der Waals surface area contributed by atoms with E-state index in [9.17, 15) is 14.4 Å². The number of amides is 3. The topological polar surface area (TPSA) is 96.5 Å². The summed E-state index contributed by atoms with van der Waals surface area (Å²) in [5.74, 6) is -0.363. The molecule has 190 valence electrons.